The average molecular weight is 461 g/mol. The van der Waals surface area contributed by atoms with Crippen LogP contribution in [0.25, 0.3) is 22.0 Å². The molecule has 2 fully saturated rings. The number of piperidine rings is 1. The summed E-state index contributed by atoms with van der Waals surface area (Å²) in [5, 5.41) is 11.9. The predicted octanol–water partition coefficient (Wildman–Crippen LogP) is 4.85. The smallest absolute Gasteiger partial charge is 0.253 e. The van der Waals surface area contributed by atoms with Crippen LogP contribution in [-0.4, -0.2) is 47.2 Å². The highest BCUT2D eigenvalue weighted by Gasteiger charge is 2.38. The van der Waals surface area contributed by atoms with Gasteiger partial charge in [0, 0.05) is 36.1 Å². The summed E-state index contributed by atoms with van der Waals surface area (Å²) in [4.78, 5) is 15.3. The van der Waals surface area contributed by atoms with Crippen molar-refractivity contribution in [2.75, 3.05) is 26.2 Å². The van der Waals surface area contributed by atoms with E-state index >= 15 is 0 Å². The van der Waals surface area contributed by atoms with Crippen LogP contribution in [0.3, 0.4) is 0 Å². The fourth-order valence-electron chi connectivity index (χ4n) is 5.42. The number of likely N-dealkylation sites (tertiary alicyclic amines) is 1. The van der Waals surface area contributed by atoms with E-state index in [1.165, 1.54) is 6.42 Å². The number of aromatic nitrogens is 2. The first-order valence-corrected chi connectivity index (χ1v) is 12.4. The number of benzene rings is 3. The highest BCUT2D eigenvalue weighted by molar-refractivity contribution is 5.99. The number of carbonyl (C=O) groups is 1. The molecule has 174 valence electrons. The van der Waals surface area contributed by atoms with Crippen LogP contribution in [0.1, 0.15) is 40.9 Å². The fourth-order valence-corrected chi connectivity index (χ4v) is 5.42. The molecule has 0 unspecified atom stereocenters. The lowest BCUT2D eigenvalue weighted by Gasteiger charge is -2.38. The maximum atomic E-state index is 13.3. The molecule has 2 aliphatic heterocycles. The Morgan fingerprint density at radius 3 is 2.51 bits per heavy atom. The van der Waals surface area contributed by atoms with Crippen molar-refractivity contribution >= 4 is 16.8 Å². The van der Waals surface area contributed by atoms with E-state index in [0.717, 1.165) is 72.3 Å². The first-order chi connectivity index (χ1) is 17.2. The Kier molecular flexibility index (Phi) is 5.60. The number of H-pyrrole nitrogens is 1. The second-order valence-electron chi connectivity index (χ2n) is 9.71. The summed E-state index contributed by atoms with van der Waals surface area (Å²) in [6, 6.07) is 24.2. The number of amides is 1. The molecule has 1 spiro atoms. The van der Waals surface area contributed by atoms with Gasteiger partial charge in [-0.25, -0.2) is 0 Å². The third-order valence-corrected chi connectivity index (χ3v) is 7.58. The molecule has 35 heavy (non-hydrogen) atoms. The summed E-state index contributed by atoms with van der Waals surface area (Å²) in [5.41, 5.74) is 5.83. The van der Waals surface area contributed by atoms with Gasteiger partial charge in [-0.2, -0.15) is 5.10 Å². The SMILES string of the molecule is O=C(c1ccc2n[nH]c(C#Cc3ccccc3-c3ccccc3)c2c1)N1CCC2(CCNC2)CC1. The highest BCUT2D eigenvalue weighted by atomic mass is 16.2. The van der Waals surface area contributed by atoms with E-state index in [4.69, 9.17) is 0 Å². The number of fused-ring (bicyclic) bond motifs is 1. The van der Waals surface area contributed by atoms with Crippen molar-refractivity contribution in [2.24, 2.45) is 5.41 Å². The molecular weight excluding hydrogens is 432 g/mol. The largest absolute Gasteiger partial charge is 0.339 e. The zero-order valence-electron chi connectivity index (χ0n) is 19.7. The minimum atomic E-state index is 0.0993. The van der Waals surface area contributed by atoms with Gasteiger partial charge in [-0.15, -0.1) is 0 Å². The van der Waals surface area contributed by atoms with Crippen molar-refractivity contribution < 1.29 is 4.79 Å². The number of rotatable bonds is 2. The molecule has 2 saturated heterocycles. The standard InChI is InChI=1S/C30H28N4O/c35-29(34-18-15-30(16-19-34)14-17-31-21-30)24-11-13-28-26(20-24)27(32-33-28)12-10-23-8-4-5-9-25(23)22-6-2-1-3-7-22/h1-9,11,13,20,31H,14-19,21H2,(H,32,33). The minimum absolute atomic E-state index is 0.0993. The van der Waals surface area contributed by atoms with Crippen LogP contribution in [0.4, 0.5) is 0 Å². The van der Waals surface area contributed by atoms with Crippen molar-refractivity contribution in [3.8, 4) is 23.0 Å². The van der Waals surface area contributed by atoms with Gasteiger partial charge in [-0.05, 0) is 72.5 Å². The molecule has 2 N–H and O–H groups in total. The second-order valence-corrected chi connectivity index (χ2v) is 9.71. The minimum Gasteiger partial charge on any atom is -0.339 e. The summed E-state index contributed by atoms with van der Waals surface area (Å²) < 4.78 is 0. The number of hydrogen-bond donors (Lipinski definition) is 2. The number of hydrogen-bond acceptors (Lipinski definition) is 3. The molecule has 1 amide bonds. The topological polar surface area (TPSA) is 61.0 Å². The number of nitrogens with one attached hydrogen (secondary N) is 2. The molecule has 5 heteroatoms. The van der Waals surface area contributed by atoms with E-state index in [-0.39, 0.29) is 5.91 Å². The second kappa shape index (κ2) is 9.05. The Morgan fingerprint density at radius 1 is 0.914 bits per heavy atom. The number of nitrogens with zero attached hydrogens (tertiary/aromatic N) is 2. The molecule has 0 saturated carbocycles. The molecule has 6 rings (SSSR count). The van der Waals surface area contributed by atoms with E-state index in [2.05, 4.69) is 45.6 Å². The Morgan fingerprint density at radius 2 is 1.71 bits per heavy atom. The number of carbonyl (C=O) groups excluding carboxylic acids is 1. The first-order valence-electron chi connectivity index (χ1n) is 12.4. The van der Waals surface area contributed by atoms with Crippen LogP contribution in [0.2, 0.25) is 0 Å². The van der Waals surface area contributed by atoms with Gasteiger partial charge < -0.3 is 10.2 Å². The molecule has 3 heterocycles. The summed E-state index contributed by atoms with van der Waals surface area (Å²) in [5.74, 6) is 6.70. The van der Waals surface area contributed by atoms with Crippen LogP contribution >= 0.6 is 0 Å². The van der Waals surface area contributed by atoms with Crippen molar-refractivity contribution in [1.82, 2.24) is 20.4 Å². The van der Waals surface area contributed by atoms with Gasteiger partial charge in [0.15, 0.2) is 0 Å². The van der Waals surface area contributed by atoms with Crippen molar-refractivity contribution in [3.05, 3.63) is 89.6 Å². The normalized spacial score (nSPS) is 16.9. The summed E-state index contributed by atoms with van der Waals surface area (Å²) in [7, 11) is 0. The van der Waals surface area contributed by atoms with Gasteiger partial charge in [-0.3, -0.25) is 9.89 Å². The third-order valence-electron chi connectivity index (χ3n) is 7.58. The highest BCUT2D eigenvalue weighted by Crippen LogP contribution is 2.37. The van der Waals surface area contributed by atoms with Crippen LogP contribution < -0.4 is 5.32 Å². The van der Waals surface area contributed by atoms with Crippen molar-refractivity contribution in [2.45, 2.75) is 19.3 Å². The first kappa shape index (κ1) is 21.6. The van der Waals surface area contributed by atoms with Gasteiger partial charge in [0.2, 0.25) is 0 Å². The molecule has 4 aromatic rings. The molecule has 0 radical (unpaired) electrons. The molecule has 1 aromatic heterocycles. The van der Waals surface area contributed by atoms with Crippen LogP contribution in [-0.2, 0) is 0 Å². The molecule has 0 atom stereocenters. The molecule has 3 aromatic carbocycles. The Hall–Kier alpha value is -3.88. The summed E-state index contributed by atoms with van der Waals surface area (Å²) >= 11 is 0. The van der Waals surface area contributed by atoms with Crippen molar-refractivity contribution in [3.63, 3.8) is 0 Å². The quantitative estimate of drug-likeness (QED) is 0.421. The lowest BCUT2D eigenvalue weighted by atomic mass is 9.78. The molecule has 0 aliphatic carbocycles. The van der Waals surface area contributed by atoms with Gasteiger partial charge >= 0.3 is 0 Å². The zero-order valence-corrected chi connectivity index (χ0v) is 19.7. The molecule has 2 aliphatic rings. The predicted molar refractivity (Wildman–Crippen MR) is 139 cm³/mol. The maximum Gasteiger partial charge on any atom is 0.253 e. The monoisotopic (exact) mass is 460 g/mol. The molecule has 5 nitrogen and oxygen atoms in total. The van der Waals surface area contributed by atoms with E-state index in [9.17, 15) is 4.79 Å². The van der Waals surface area contributed by atoms with Gasteiger partial charge in [-0.1, -0.05) is 54.5 Å². The Balaban J connectivity index is 1.26. The maximum absolute atomic E-state index is 13.3. The zero-order chi connectivity index (χ0) is 23.7. The number of aromatic amines is 1. The Bertz CT molecular complexity index is 1430. The summed E-state index contributed by atoms with van der Waals surface area (Å²) in [6.07, 6.45) is 3.39. The van der Waals surface area contributed by atoms with E-state index in [0.29, 0.717) is 11.0 Å². The summed E-state index contributed by atoms with van der Waals surface area (Å²) in [6.45, 7) is 3.84. The Labute approximate surface area is 205 Å². The van der Waals surface area contributed by atoms with Gasteiger partial charge in [0.25, 0.3) is 5.91 Å². The van der Waals surface area contributed by atoms with Crippen LogP contribution in [0.5, 0.6) is 0 Å². The van der Waals surface area contributed by atoms with E-state index in [1.807, 2.05) is 59.5 Å². The van der Waals surface area contributed by atoms with Crippen LogP contribution in [0.15, 0.2) is 72.8 Å². The van der Waals surface area contributed by atoms with Gasteiger partial charge in [0.1, 0.15) is 5.69 Å². The van der Waals surface area contributed by atoms with Crippen LogP contribution in [0, 0.1) is 17.3 Å². The van der Waals surface area contributed by atoms with Crippen molar-refractivity contribution in [1.29, 1.82) is 0 Å². The lowest BCUT2D eigenvalue weighted by Crippen LogP contribution is -2.44. The molecule has 0 bridgehead atoms. The fraction of sp³-hybridized carbons (Fsp3) is 0.267. The van der Waals surface area contributed by atoms with E-state index in [1.54, 1.807) is 0 Å². The lowest BCUT2D eigenvalue weighted by molar-refractivity contribution is 0.0608. The van der Waals surface area contributed by atoms with E-state index < -0.39 is 0 Å². The molecular formula is C30H28N4O. The third kappa shape index (κ3) is 4.22. The van der Waals surface area contributed by atoms with Gasteiger partial charge in [0.05, 0.1) is 5.52 Å². The average Bonchev–Trinajstić information content (AvgIpc) is 3.55.